The second-order valence-corrected chi connectivity index (χ2v) is 7.39. The smallest absolute Gasteiger partial charge is 0.256 e. The van der Waals surface area contributed by atoms with Gasteiger partial charge in [0.2, 0.25) is 0 Å². The number of rotatable bonds is 3. The topological polar surface area (TPSA) is 71.8 Å². The van der Waals surface area contributed by atoms with Crippen molar-refractivity contribution in [2.75, 3.05) is 31.6 Å². The van der Waals surface area contributed by atoms with Gasteiger partial charge in [-0.05, 0) is 48.5 Å². The molecule has 0 atom stereocenters. The minimum Gasteiger partial charge on any atom is -0.457 e. The summed E-state index contributed by atoms with van der Waals surface area (Å²) in [7, 11) is 0. The average Bonchev–Trinajstić information content (AvgIpc) is 3.39. The molecule has 0 aliphatic carbocycles. The van der Waals surface area contributed by atoms with Crippen LogP contribution >= 0.6 is 0 Å². The maximum Gasteiger partial charge on any atom is 0.256 e. The summed E-state index contributed by atoms with van der Waals surface area (Å²) in [5.41, 5.74) is 2.74. The number of anilines is 1. The average molecular weight is 418 g/mol. The van der Waals surface area contributed by atoms with Crippen molar-refractivity contribution in [3.8, 4) is 11.3 Å². The molecule has 2 aliphatic heterocycles. The van der Waals surface area contributed by atoms with E-state index in [0.29, 0.717) is 60.2 Å². The Hall–Kier alpha value is -3.71. The van der Waals surface area contributed by atoms with Crippen LogP contribution in [-0.4, -0.2) is 43.0 Å². The number of nitrogens with one attached hydrogen (secondary N) is 1. The van der Waals surface area contributed by atoms with Gasteiger partial charge >= 0.3 is 0 Å². The van der Waals surface area contributed by atoms with Crippen LogP contribution in [0.3, 0.4) is 0 Å². The fraction of sp³-hybridized carbons (Fsp3) is 0.167. The van der Waals surface area contributed by atoms with Gasteiger partial charge in [-0.25, -0.2) is 4.39 Å². The minimum absolute atomic E-state index is 0.0414. The fourth-order valence-corrected chi connectivity index (χ4v) is 3.79. The molecule has 7 heteroatoms. The van der Waals surface area contributed by atoms with E-state index in [4.69, 9.17) is 9.15 Å². The summed E-state index contributed by atoms with van der Waals surface area (Å²) in [4.78, 5) is 26.8. The summed E-state index contributed by atoms with van der Waals surface area (Å²) in [6, 6.07) is 14.9. The highest BCUT2D eigenvalue weighted by Crippen LogP contribution is 2.34. The number of carbonyl (C=O) groups is 2. The number of halogens is 1. The van der Waals surface area contributed by atoms with Crippen molar-refractivity contribution in [2.24, 2.45) is 0 Å². The molecule has 3 heterocycles. The normalized spacial score (nSPS) is 17.0. The third-order valence-electron chi connectivity index (χ3n) is 5.37. The summed E-state index contributed by atoms with van der Waals surface area (Å²) in [5.74, 6) is 0.267. The lowest BCUT2D eigenvalue weighted by atomic mass is 10.1. The number of hydrogen-bond donors (Lipinski definition) is 1. The molecule has 0 saturated carbocycles. The highest BCUT2D eigenvalue weighted by molar-refractivity contribution is 6.34. The molecule has 0 radical (unpaired) electrons. The van der Waals surface area contributed by atoms with E-state index >= 15 is 0 Å². The van der Waals surface area contributed by atoms with Crippen molar-refractivity contribution in [3.63, 3.8) is 0 Å². The summed E-state index contributed by atoms with van der Waals surface area (Å²) < 4.78 is 24.9. The zero-order valence-electron chi connectivity index (χ0n) is 16.6. The van der Waals surface area contributed by atoms with Gasteiger partial charge in [-0.1, -0.05) is 12.1 Å². The Morgan fingerprint density at radius 3 is 2.74 bits per heavy atom. The van der Waals surface area contributed by atoms with Gasteiger partial charge in [0.15, 0.2) is 0 Å². The molecule has 6 nitrogen and oxygen atoms in total. The van der Waals surface area contributed by atoms with E-state index in [1.54, 1.807) is 35.2 Å². The van der Waals surface area contributed by atoms with Crippen LogP contribution in [-0.2, 0) is 9.53 Å². The van der Waals surface area contributed by atoms with E-state index in [2.05, 4.69) is 5.32 Å². The molecule has 3 aromatic rings. The lowest BCUT2D eigenvalue weighted by Crippen LogP contribution is -2.40. The first-order valence-electron chi connectivity index (χ1n) is 9.99. The molecule has 1 N–H and O–H groups in total. The molecule has 1 saturated heterocycles. The van der Waals surface area contributed by atoms with Crippen LogP contribution in [0.4, 0.5) is 10.1 Å². The lowest BCUT2D eigenvalue weighted by Gasteiger charge is -2.26. The van der Waals surface area contributed by atoms with Crippen LogP contribution < -0.4 is 5.32 Å². The maximum atomic E-state index is 13.6. The van der Waals surface area contributed by atoms with E-state index in [0.717, 1.165) is 5.56 Å². The van der Waals surface area contributed by atoms with Crippen LogP contribution in [0.2, 0.25) is 0 Å². The van der Waals surface area contributed by atoms with Gasteiger partial charge in [-0.2, -0.15) is 0 Å². The van der Waals surface area contributed by atoms with Crippen molar-refractivity contribution in [2.45, 2.75) is 0 Å². The van der Waals surface area contributed by atoms with Gasteiger partial charge in [0.1, 0.15) is 17.3 Å². The van der Waals surface area contributed by atoms with Gasteiger partial charge in [0.05, 0.1) is 18.8 Å². The third kappa shape index (κ3) is 3.75. The third-order valence-corrected chi connectivity index (χ3v) is 5.37. The largest absolute Gasteiger partial charge is 0.457 e. The van der Waals surface area contributed by atoms with E-state index in [1.165, 1.54) is 18.2 Å². The first kappa shape index (κ1) is 19.3. The zero-order chi connectivity index (χ0) is 21.4. The molecular weight excluding hydrogens is 399 g/mol. The van der Waals surface area contributed by atoms with Crippen molar-refractivity contribution < 1.29 is 23.1 Å². The van der Waals surface area contributed by atoms with Gasteiger partial charge in [-0.15, -0.1) is 0 Å². The van der Waals surface area contributed by atoms with E-state index in [1.807, 2.05) is 12.1 Å². The molecule has 1 aromatic heterocycles. The van der Waals surface area contributed by atoms with Crippen molar-refractivity contribution in [1.29, 1.82) is 0 Å². The van der Waals surface area contributed by atoms with Crippen LogP contribution in [0.25, 0.3) is 23.0 Å². The summed E-state index contributed by atoms with van der Waals surface area (Å²) in [6.07, 6.45) is 1.59. The Bertz CT molecular complexity index is 1210. The fourth-order valence-electron chi connectivity index (χ4n) is 3.79. The summed E-state index contributed by atoms with van der Waals surface area (Å²) >= 11 is 0. The summed E-state index contributed by atoms with van der Waals surface area (Å²) in [6.45, 7) is 2.24. The van der Waals surface area contributed by atoms with Gasteiger partial charge < -0.3 is 19.4 Å². The minimum atomic E-state index is -0.414. The molecule has 1 fully saturated rings. The van der Waals surface area contributed by atoms with E-state index in [9.17, 15) is 14.0 Å². The predicted octanol–water partition coefficient (Wildman–Crippen LogP) is 4.05. The molecule has 156 valence electrons. The van der Waals surface area contributed by atoms with Crippen LogP contribution in [0.5, 0.6) is 0 Å². The Morgan fingerprint density at radius 2 is 1.90 bits per heavy atom. The molecule has 2 aromatic carbocycles. The quantitative estimate of drug-likeness (QED) is 0.652. The number of ether oxygens (including phenoxy) is 1. The van der Waals surface area contributed by atoms with Gasteiger partial charge in [-0.3, -0.25) is 9.59 Å². The Kier molecular flexibility index (Phi) is 4.88. The molecule has 0 bridgehead atoms. The Labute approximate surface area is 177 Å². The van der Waals surface area contributed by atoms with Crippen molar-refractivity contribution in [1.82, 2.24) is 4.90 Å². The number of hydrogen-bond acceptors (Lipinski definition) is 4. The lowest BCUT2D eigenvalue weighted by molar-refractivity contribution is -0.110. The van der Waals surface area contributed by atoms with Crippen molar-refractivity contribution >= 4 is 29.2 Å². The standard InChI is InChI=1S/C24H19FN2O4/c25-17-4-6-21-19(13-17)20(23(28)26-21)14-18-5-7-22(31-18)15-2-1-3-16(12-15)24(29)27-8-10-30-11-9-27/h1-7,12-14H,8-11H2,(H,26,28)/b20-14+. The molecule has 2 amide bonds. The number of morpholine rings is 1. The Balaban J connectivity index is 1.42. The number of furan rings is 1. The first-order chi connectivity index (χ1) is 15.1. The molecule has 0 unspecified atom stereocenters. The number of carbonyl (C=O) groups excluding carboxylic acids is 2. The maximum absolute atomic E-state index is 13.6. The van der Waals surface area contributed by atoms with Crippen LogP contribution in [0, 0.1) is 5.82 Å². The zero-order valence-corrected chi connectivity index (χ0v) is 16.6. The van der Waals surface area contributed by atoms with Crippen LogP contribution in [0.1, 0.15) is 21.7 Å². The predicted molar refractivity (Wildman–Crippen MR) is 114 cm³/mol. The molecule has 2 aliphatic rings. The van der Waals surface area contributed by atoms with E-state index < -0.39 is 5.82 Å². The van der Waals surface area contributed by atoms with E-state index in [-0.39, 0.29) is 11.8 Å². The molecule has 0 spiro atoms. The second-order valence-electron chi connectivity index (χ2n) is 7.39. The second kappa shape index (κ2) is 7.85. The molecule has 5 rings (SSSR count). The number of nitrogens with zero attached hydrogens (tertiary/aromatic N) is 1. The monoisotopic (exact) mass is 418 g/mol. The van der Waals surface area contributed by atoms with Crippen LogP contribution in [0.15, 0.2) is 59.0 Å². The first-order valence-corrected chi connectivity index (χ1v) is 9.99. The number of amides is 2. The van der Waals surface area contributed by atoms with Gasteiger partial charge in [0, 0.05) is 35.5 Å². The number of fused-ring (bicyclic) bond motifs is 1. The number of benzene rings is 2. The molecular formula is C24H19FN2O4. The highest BCUT2D eigenvalue weighted by Gasteiger charge is 2.25. The molecule has 31 heavy (non-hydrogen) atoms. The highest BCUT2D eigenvalue weighted by atomic mass is 19.1. The Morgan fingerprint density at radius 1 is 1.06 bits per heavy atom. The summed E-state index contributed by atoms with van der Waals surface area (Å²) in [5, 5.41) is 2.72. The van der Waals surface area contributed by atoms with Gasteiger partial charge in [0.25, 0.3) is 11.8 Å². The van der Waals surface area contributed by atoms with Crippen molar-refractivity contribution in [3.05, 3.63) is 77.3 Å². The SMILES string of the molecule is O=C1Nc2ccc(F)cc2/C1=C\c1ccc(-c2cccc(C(=O)N3CCOCC3)c2)o1.